The van der Waals surface area contributed by atoms with Gasteiger partial charge in [0.15, 0.2) is 0 Å². The van der Waals surface area contributed by atoms with Gasteiger partial charge in [0.05, 0.1) is 5.60 Å². The Morgan fingerprint density at radius 2 is 1.71 bits per heavy atom. The van der Waals surface area contributed by atoms with E-state index in [0.29, 0.717) is 5.92 Å². The Kier molecular flexibility index (Phi) is 3.57. The molecule has 1 heteroatoms. The van der Waals surface area contributed by atoms with Crippen LogP contribution >= 0.6 is 0 Å². The minimum Gasteiger partial charge on any atom is -0.390 e. The Hall–Kier alpha value is -0.820. The molecule has 1 nitrogen and oxygen atoms in total. The number of fused-ring (bicyclic) bond motifs is 2. The molecule has 0 spiro atoms. The fourth-order valence-corrected chi connectivity index (χ4v) is 5.53. The number of benzene rings is 1. The maximum Gasteiger partial charge on any atom is 0.0651 e. The van der Waals surface area contributed by atoms with Crippen molar-refractivity contribution in [3.8, 4) is 0 Å². The maximum atomic E-state index is 11.0. The molecule has 4 rings (SSSR count). The van der Waals surface area contributed by atoms with Crippen molar-refractivity contribution in [1.29, 1.82) is 0 Å². The molecule has 21 heavy (non-hydrogen) atoms. The van der Waals surface area contributed by atoms with E-state index in [1.807, 2.05) is 0 Å². The van der Waals surface area contributed by atoms with Crippen molar-refractivity contribution < 1.29 is 5.11 Å². The molecule has 3 atom stereocenters. The van der Waals surface area contributed by atoms with Gasteiger partial charge in [0, 0.05) is 0 Å². The van der Waals surface area contributed by atoms with Crippen molar-refractivity contribution in [3.05, 3.63) is 35.9 Å². The molecule has 1 aromatic rings. The third-order valence-corrected chi connectivity index (χ3v) is 6.71. The van der Waals surface area contributed by atoms with Crippen LogP contribution < -0.4 is 0 Å². The quantitative estimate of drug-likeness (QED) is 0.837. The lowest BCUT2D eigenvalue weighted by Crippen LogP contribution is -2.36. The van der Waals surface area contributed by atoms with Crippen molar-refractivity contribution in [3.63, 3.8) is 0 Å². The van der Waals surface area contributed by atoms with Crippen molar-refractivity contribution in [2.24, 2.45) is 17.8 Å². The lowest BCUT2D eigenvalue weighted by atomic mass is 9.70. The fraction of sp³-hybridized carbons (Fsp3) is 0.700. The topological polar surface area (TPSA) is 20.2 Å². The van der Waals surface area contributed by atoms with Crippen LogP contribution in [-0.4, -0.2) is 10.7 Å². The molecule has 3 fully saturated rings. The maximum absolute atomic E-state index is 11.0. The molecule has 0 amide bonds. The van der Waals surface area contributed by atoms with Crippen LogP contribution in [0, 0.1) is 17.8 Å². The number of hydrogen-bond donors (Lipinski definition) is 1. The molecule has 0 saturated heterocycles. The van der Waals surface area contributed by atoms with Gasteiger partial charge in [-0.2, -0.15) is 0 Å². The van der Waals surface area contributed by atoms with Gasteiger partial charge in [0.25, 0.3) is 0 Å². The Morgan fingerprint density at radius 1 is 0.952 bits per heavy atom. The number of rotatable bonds is 3. The second-order valence-corrected chi connectivity index (χ2v) is 8.05. The van der Waals surface area contributed by atoms with Gasteiger partial charge in [-0.15, -0.1) is 0 Å². The van der Waals surface area contributed by atoms with Crippen molar-refractivity contribution in [2.45, 2.75) is 69.3 Å². The lowest BCUT2D eigenvalue weighted by molar-refractivity contribution is -0.0282. The van der Waals surface area contributed by atoms with E-state index in [-0.39, 0.29) is 5.60 Å². The smallest absolute Gasteiger partial charge is 0.0651 e. The van der Waals surface area contributed by atoms with Gasteiger partial charge in [-0.05, 0) is 80.6 Å². The van der Waals surface area contributed by atoms with E-state index >= 15 is 0 Å². The van der Waals surface area contributed by atoms with Crippen molar-refractivity contribution >= 4 is 0 Å². The molecular formula is C20H28O. The molecule has 0 aliphatic heterocycles. The van der Waals surface area contributed by atoms with Crippen molar-refractivity contribution in [2.75, 3.05) is 0 Å². The van der Waals surface area contributed by atoms with E-state index in [0.717, 1.165) is 37.0 Å². The van der Waals surface area contributed by atoms with E-state index < -0.39 is 0 Å². The average molecular weight is 284 g/mol. The SMILES string of the molecule is OC1(CC2CC3CCC2C3)CCC(c2ccccc2)CC1. The zero-order valence-electron chi connectivity index (χ0n) is 13.0. The molecule has 114 valence electrons. The highest BCUT2D eigenvalue weighted by Gasteiger charge is 2.44. The molecule has 3 saturated carbocycles. The summed E-state index contributed by atoms with van der Waals surface area (Å²) < 4.78 is 0. The lowest BCUT2D eigenvalue weighted by Gasteiger charge is -2.39. The molecule has 1 aromatic carbocycles. The Balaban J connectivity index is 1.35. The van der Waals surface area contributed by atoms with Crippen LogP contribution in [-0.2, 0) is 0 Å². The van der Waals surface area contributed by atoms with Crippen molar-refractivity contribution in [1.82, 2.24) is 0 Å². The van der Waals surface area contributed by atoms with Gasteiger partial charge in [-0.1, -0.05) is 36.8 Å². The van der Waals surface area contributed by atoms with Gasteiger partial charge in [-0.25, -0.2) is 0 Å². The third kappa shape index (κ3) is 2.77. The van der Waals surface area contributed by atoms with E-state index in [4.69, 9.17) is 0 Å². The third-order valence-electron chi connectivity index (χ3n) is 6.71. The molecule has 3 aliphatic carbocycles. The summed E-state index contributed by atoms with van der Waals surface area (Å²) in [6, 6.07) is 10.9. The molecule has 3 unspecified atom stereocenters. The fourth-order valence-electron chi connectivity index (χ4n) is 5.53. The summed E-state index contributed by atoms with van der Waals surface area (Å²) in [6.07, 6.45) is 11.2. The summed E-state index contributed by atoms with van der Waals surface area (Å²) in [5, 5.41) is 11.0. The summed E-state index contributed by atoms with van der Waals surface area (Å²) in [5.74, 6) is 3.46. The second kappa shape index (κ2) is 5.43. The molecule has 2 bridgehead atoms. The first-order valence-electron chi connectivity index (χ1n) is 8.99. The van der Waals surface area contributed by atoms with Crippen LogP contribution in [0.1, 0.15) is 69.3 Å². The molecule has 0 heterocycles. The van der Waals surface area contributed by atoms with Crippen LogP contribution in [0.5, 0.6) is 0 Å². The number of aliphatic hydroxyl groups is 1. The Morgan fingerprint density at radius 3 is 2.33 bits per heavy atom. The second-order valence-electron chi connectivity index (χ2n) is 8.05. The summed E-state index contributed by atoms with van der Waals surface area (Å²) >= 11 is 0. The zero-order valence-corrected chi connectivity index (χ0v) is 13.0. The monoisotopic (exact) mass is 284 g/mol. The van der Waals surface area contributed by atoms with Gasteiger partial charge in [-0.3, -0.25) is 0 Å². The van der Waals surface area contributed by atoms with Crippen LogP contribution in [0.15, 0.2) is 30.3 Å². The minimum absolute atomic E-state index is 0.347. The Labute approximate surface area is 128 Å². The number of hydrogen-bond acceptors (Lipinski definition) is 1. The van der Waals surface area contributed by atoms with Gasteiger partial charge < -0.3 is 5.11 Å². The molecule has 0 radical (unpaired) electrons. The largest absolute Gasteiger partial charge is 0.390 e. The summed E-state index contributed by atoms with van der Waals surface area (Å²) in [4.78, 5) is 0. The van der Waals surface area contributed by atoms with Crippen LogP contribution in [0.25, 0.3) is 0 Å². The first-order valence-corrected chi connectivity index (χ1v) is 8.99. The van der Waals surface area contributed by atoms with Gasteiger partial charge in [0.1, 0.15) is 0 Å². The standard InChI is InChI=1S/C20H28O/c21-20(14-19-13-15-6-7-18(19)12-15)10-8-17(9-11-20)16-4-2-1-3-5-16/h1-5,15,17-19,21H,6-14H2. The van der Waals surface area contributed by atoms with Crippen LogP contribution in [0.4, 0.5) is 0 Å². The molecular weight excluding hydrogens is 256 g/mol. The van der Waals surface area contributed by atoms with Crippen LogP contribution in [0.3, 0.4) is 0 Å². The first kappa shape index (κ1) is 13.8. The van der Waals surface area contributed by atoms with E-state index in [1.54, 1.807) is 0 Å². The van der Waals surface area contributed by atoms with Crippen LogP contribution in [0.2, 0.25) is 0 Å². The summed E-state index contributed by atoms with van der Waals surface area (Å²) in [7, 11) is 0. The predicted octanol–water partition coefficient (Wildman–Crippen LogP) is 4.90. The predicted molar refractivity (Wildman–Crippen MR) is 86.2 cm³/mol. The highest BCUT2D eigenvalue weighted by molar-refractivity contribution is 5.20. The normalized spacial score (nSPS) is 42.3. The van der Waals surface area contributed by atoms with Gasteiger partial charge in [0.2, 0.25) is 0 Å². The minimum atomic E-state index is -0.347. The van der Waals surface area contributed by atoms with Gasteiger partial charge >= 0.3 is 0 Å². The Bertz CT molecular complexity index is 472. The highest BCUT2D eigenvalue weighted by atomic mass is 16.3. The van der Waals surface area contributed by atoms with E-state index in [1.165, 1.54) is 44.1 Å². The van der Waals surface area contributed by atoms with E-state index in [2.05, 4.69) is 30.3 Å². The van der Waals surface area contributed by atoms with E-state index in [9.17, 15) is 5.11 Å². The average Bonchev–Trinajstić information content (AvgIpc) is 3.11. The summed E-state index contributed by atoms with van der Waals surface area (Å²) in [5.41, 5.74) is 1.12. The summed E-state index contributed by atoms with van der Waals surface area (Å²) in [6.45, 7) is 0. The first-order chi connectivity index (χ1) is 10.2. The molecule has 1 N–H and O–H groups in total. The molecule has 0 aromatic heterocycles. The highest BCUT2D eigenvalue weighted by Crippen LogP contribution is 2.52. The molecule has 3 aliphatic rings. The zero-order chi connectivity index (χ0) is 14.3.